The van der Waals surface area contributed by atoms with E-state index < -0.39 is 0 Å². The monoisotopic (exact) mass is 183 g/mol. The van der Waals surface area contributed by atoms with Crippen LogP contribution in [0.4, 0.5) is 0 Å². The minimum atomic E-state index is 0.242. The summed E-state index contributed by atoms with van der Waals surface area (Å²) in [6.45, 7) is 2.47. The van der Waals surface area contributed by atoms with Crippen LogP contribution in [0.1, 0.15) is 12.8 Å². The predicted molar refractivity (Wildman–Crippen MR) is 50.2 cm³/mol. The zero-order chi connectivity index (χ0) is 9.42. The second-order valence-electron chi connectivity index (χ2n) is 4.17. The van der Waals surface area contributed by atoms with Gasteiger partial charge < -0.3 is 10.6 Å². The Morgan fingerprint density at radius 1 is 1.38 bits per heavy atom. The highest BCUT2D eigenvalue weighted by atomic mass is 16.2. The summed E-state index contributed by atoms with van der Waals surface area (Å²) in [5, 5.41) is 0. The van der Waals surface area contributed by atoms with Crippen LogP contribution in [-0.2, 0) is 4.79 Å². The molecular weight excluding hydrogens is 166 g/mol. The molecule has 74 valence electrons. The van der Waals surface area contributed by atoms with E-state index in [9.17, 15) is 4.79 Å². The summed E-state index contributed by atoms with van der Waals surface area (Å²) < 4.78 is 0. The maximum atomic E-state index is 11.4. The Morgan fingerprint density at radius 3 is 2.62 bits per heavy atom. The molecule has 2 aliphatic rings. The van der Waals surface area contributed by atoms with Gasteiger partial charge in [-0.05, 0) is 12.8 Å². The van der Waals surface area contributed by atoms with E-state index >= 15 is 0 Å². The van der Waals surface area contributed by atoms with E-state index in [4.69, 9.17) is 5.73 Å². The molecule has 2 N–H and O–H groups in total. The number of carbonyl (C=O) groups excluding carboxylic acids is 1. The van der Waals surface area contributed by atoms with Crippen molar-refractivity contribution >= 4 is 5.91 Å². The average Bonchev–Trinajstić information content (AvgIpc) is 2.05. The second-order valence-corrected chi connectivity index (χ2v) is 4.17. The number of rotatable bonds is 1. The fourth-order valence-electron chi connectivity index (χ4n) is 2.02. The number of carbonyl (C=O) groups is 1. The summed E-state index contributed by atoms with van der Waals surface area (Å²) in [4.78, 5) is 15.5. The first kappa shape index (κ1) is 8.97. The highest BCUT2D eigenvalue weighted by molar-refractivity contribution is 5.78. The van der Waals surface area contributed by atoms with Crippen molar-refractivity contribution in [2.45, 2.75) is 24.9 Å². The zero-order valence-electron chi connectivity index (χ0n) is 8.07. The van der Waals surface area contributed by atoms with Crippen molar-refractivity contribution in [1.29, 1.82) is 0 Å². The Bertz CT molecular complexity index is 213. The molecule has 0 atom stereocenters. The van der Waals surface area contributed by atoms with Gasteiger partial charge >= 0.3 is 0 Å². The van der Waals surface area contributed by atoms with Gasteiger partial charge in [0.2, 0.25) is 5.91 Å². The molecule has 0 aromatic rings. The van der Waals surface area contributed by atoms with Gasteiger partial charge in [-0.15, -0.1) is 0 Å². The minimum Gasteiger partial charge on any atom is -0.343 e. The van der Waals surface area contributed by atoms with Gasteiger partial charge in [-0.2, -0.15) is 0 Å². The Morgan fingerprint density at radius 2 is 2.08 bits per heavy atom. The molecule has 2 rings (SSSR count). The van der Waals surface area contributed by atoms with Gasteiger partial charge in [0.1, 0.15) is 0 Å². The maximum Gasteiger partial charge on any atom is 0.236 e. The van der Waals surface area contributed by atoms with Gasteiger partial charge in [0, 0.05) is 32.2 Å². The fraction of sp³-hybridized carbons (Fsp3) is 0.889. The van der Waals surface area contributed by atoms with E-state index in [-0.39, 0.29) is 5.91 Å². The van der Waals surface area contributed by atoms with Crippen molar-refractivity contribution in [1.82, 2.24) is 9.80 Å². The van der Waals surface area contributed by atoms with Gasteiger partial charge in [0.05, 0.1) is 6.54 Å². The molecule has 0 radical (unpaired) electrons. The molecule has 1 heterocycles. The maximum absolute atomic E-state index is 11.4. The molecule has 1 saturated heterocycles. The summed E-state index contributed by atoms with van der Waals surface area (Å²) in [6, 6.07) is 0.951. The molecule has 1 saturated carbocycles. The highest BCUT2D eigenvalue weighted by Crippen LogP contribution is 2.24. The first-order chi connectivity index (χ1) is 6.16. The van der Waals surface area contributed by atoms with Crippen LogP contribution in [0.25, 0.3) is 0 Å². The lowest BCUT2D eigenvalue weighted by Crippen LogP contribution is -2.58. The number of amides is 1. The first-order valence-electron chi connectivity index (χ1n) is 4.90. The molecule has 0 aromatic heterocycles. The smallest absolute Gasteiger partial charge is 0.236 e. The van der Waals surface area contributed by atoms with Crippen LogP contribution in [-0.4, -0.2) is 54.5 Å². The molecule has 4 nitrogen and oxygen atoms in total. The number of nitrogens with zero attached hydrogens (tertiary/aromatic N) is 2. The molecular formula is C9H17N3O. The van der Waals surface area contributed by atoms with Gasteiger partial charge in [0.25, 0.3) is 0 Å². The van der Waals surface area contributed by atoms with Crippen LogP contribution >= 0.6 is 0 Å². The first-order valence-corrected chi connectivity index (χ1v) is 4.90. The largest absolute Gasteiger partial charge is 0.343 e. The average molecular weight is 183 g/mol. The zero-order valence-corrected chi connectivity index (χ0v) is 8.07. The quantitative estimate of drug-likeness (QED) is 0.582. The molecule has 1 aliphatic carbocycles. The van der Waals surface area contributed by atoms with Crippen LogP contribution in [0.15, 0.2) is 0 Å². The second kappa shape index (κ2) is 3.27. The topological polar surface area (TPSA) is 49.6 Å². The van der Waals surface area contributed by atoms with E-state index in [0.29, 0.717) is 18.6 Å². The lowest BCUT2D eigenvalue weighted by Gasteiger charge is -2.44. The summed E-state index contributed by atoms with van der Waals surface area (Å²) in [5.41, 5.74) is 5.72. The van der Waals surface area contributed by atoms with Gasteiger partial charge in [-0.1, -0.05) is 0 Å². The predicted octanol–water partition coefficient (Wildman–Crippen LogP) is -0.750. The highest BCUT2D eigenvalue weighted by Gasteiger charge is 2.34. The van der Waals surface area contributed by atoms with E-state index in [1.165, 1.54) is 0 Å². The van der Waals surface area contributed by atoms with Crippen LogP contribution in [0, 0.1) is 0 Å². The Kier molecular flexibility index (Phi) is 2.26. The molecule has 0 unspecified atom stereocenters. The van der Waals surface area contributed by atoms with Gasteiger partial charge in [-0.3, -0.25) is 9.69 Å². The molecule has 1 amide bonds. The summed E-state index contributed by atoms with van der Waals surface area (Å²) in [6.07, 6.45) is 2.13. The molecule has 4 heteroatoms. The number of hydrogen-bond donors (Lipinski definition) is 1. The SMILES string of the molecule is CN1CCN(C2CC(N)C2)CC1=O. The van der Waals surface area contributed by atoms with Gasteiger partial charge in [-0.25, -0.2) is 0 Å². The molecule has 2 fully saturated rings. The van der Waals surface area contributed by atoms with Crippen molar-refractivity contribution in [3.63, 3.8) is 0 Å². The van der Waals surface area contributed by atoms with E-state index in [0.717, 1.165) is 25.9 Å². The molecule has 0 aromatic carbocycles. The van der Waals surface area contributed by atoms with Crippen molar-refractivity contribution in [3.8, 4) is 0 Å². The van der Waals surface area contributed by atoms with Crippen LogP contribution < -0.4 is 5.73 Å². The summed E-state index contributed by atoms with van der Waals surface area (Å²) >= 11 is 0. The van der Waals surface area contributed by atoms with E-state index in [1.807, 2.05) is 7.05 Å². The van der Waals surface area contributed by atoms with Gasteiger partial charge in [0.15, 0.2) is 0 Å². The molecule has 0 spiro atoms. The summed E-state index contributed by atoms with van der Waals surface area (Å²) in [5.74, 6) is 0.242. The van der Waals surface area contributed by atoms with Crippen LogP contribution in [0.2, 0.25) is 0 Å². The molecule has 13 heavy (non-hydrogen) atoms. The van der Waals surface area contributed by atoms with Crippen molar-refractivity contribution in [2.24, 2.45) is 5.73 Å². The third-order valence-corrected chi connectivity index (χ3v) is 3.15. The lowest BCUT2D eigenvalue weighted by atomic mass is 9.86. The number of piperazine rings is 1. The third-order valence-electron chi connectivity index (χ3n) is 3.15. The molecule has 0 bridgehead atoms. The van der Waals surface area contributed by atoms with E-state index in [2.05, 4.69) is 4.90 Å². The van der Waals surface area contributed by atoms with Crippen molar-refractivity contribution < 1.29 is 4.79 Å². The summed E-state index contributed by atoms with van der Waals surface area (Å²) in [7, 11) is 1.87. The molecule has 1 aliphatic heterocycles. The van der Waals surface area contributed by atoms with Crippen LogP contribution in [0.5, 0.6) is 0 Å². The lowest BCUT2D eigenvalue weighted by molar-refractivity contribution is -0.136. The van der Waals surface area contributed by atoms with E-state index in [1.54, 1.807) is 4.90 Å². The van der Waals surface area contributed by atoms with Crippen LogP contribution in [0.3, 0.4) is 0 Å². The number of likely N-dealkylation sites (N-methyl/N-ethyl adjacent to an activating group) is 1. The minimum absolute atomic E-state index is 0.242. The van der Waals surface area contributed by atoms with Crippen molar-refractivity contribution in [2.75, 3.05) is 26.7 Å². The fourth-order valence-corrected chi connectivity index (χ4v) is 2.02. The Hall–Kier alpha value is -0.610. The number of nitrogens with two attached hydrogens (primary N) is 1. The third kappa shape index (κ3) is 1.69. The normalized spacial score (nSPS) is 36.2. The Balaban J connectivity index is 1.85. The van der Waals surface area contributed by atoms with Crippen molar-refractivity contribution in [3.05, 3.63) is 0 Å². The standard InChI is InChI=1S/C9H17N3O/c1-11-2-3-12(6-9(11)13)8-4-7(10)5-8/h7-8H,2-6,10H2,1H3. The Labute approximate surface area is 78.7 Å². The number of hydrogen-bond acceptors (Lipinski definition) is 3.